The van der Waals surface area contributed by atoms with E-state index >= 15 is 0 Å². The zero-order chi connectivity index (χ0) is 13.8. The Labute approximate surface area is 106 Å². The van der Waals surface area contributed by atoms with Crippen molar-refractivity contribution >= 4 is 21.7 Å². The smallest absolute Gasteiger partial charge is 0.335 e. The van der Waals surface area contributed by atoms with Crippen molar-refractivity contribution in [2.45, 2.75) is 6.92 Å². The molecule has 1 aromatic carbocycles. The number of nitrogens with one attached hydrogen (secondary N) is 2. The summed E-state index contributed by atoms with van der Waals surface area (Å²) in [5.74, 6) is -1.02. The van der Waals surface area contributed by atoms with E-state index in [0.29, 0.717) is 0 Å². The number of carboxylic acid groups (broad SMARTS) is 1. The van der Waals surface area contributed by atoms with E-state index in [2.05, 4.69) is 10.0 Å². The molecule has 0 radical (unpaired) electrons. The van der Waals surface area contributed by atoms with Gasteiger partial charge in [0, 0.05) is 12.2 Å². The monoisotopic (exact) mass is 272 g/mol. The highest BCUT2D eigenvalue weighted by Gasteiger charge is 2.08. The van der Waals surface area contributed by atoms with E-state index in [9.17, 15) is 13.2 Å². The molecule has 0 saturated carbocycles. The summed E-state index contributed by atoms with van der Waals surface area (Å²) in [7, 11) is -1.87. The summed E-state index contributed by atoms with van der Waals surface area (Å²) in [5.41, 5.74) is 1.70. The van der Waals surface area contributed by atoms with Gasteiger partial charge in [0.2, 0.25) is 10.0 Å². The minimum Gasteiger partial charge on any atom is -0.478 e. The lowest BCUT2D eigenvalue weighted by Gasteiger charge is -2.10. The number of anilines is 1. The fourth-order valence-electron chi connectivity index (χ4n) is 1.42. The highest BCUT2D eigenvalue weighted by atomic mass is 32.2. The number of carbonyl (C=O) groups is 1. The van der Waals surface area contributed by atoms with Gasteiger partial charge in [0.05, 0.1) is 11.3 Å². The lowest BCUT2D eigenvalue weighted by molar-refractivity contribution is 0.0697. The molecule has 0 unspecified atom stereocenters. The summed E-state index contributed by atoms with van der Waals surface area (Å²) in [5, 5.41) is 11.8. The van der Waals surface area contributed by atoms with Crippen molar-refractivity contribution in [1.82, 2.24) is 4.72 Å². The molecule has 0 aliphatic rings. The van der Waals surface area contributed by atoms with E-state index in [1.807, 2.05) is 0 Å². The van der Waals surface area contributed by atoms with Gasteiger partial charge < -0.3 is 10.4 Å². The Morgan fingerprint density at radius 1 is 1.39 bits per heavy atom. The summed E-state index contributed by atoms with van der Waals surface area (Å²) in [6.45, 7) is 2.03. The Hall–Kier alpha value is -1.60. The Morgan fingerprint density at radius 3 is 2.56 bits per heavy atom. The first-order valence-corrected chi connectivity index (χ1v) is 7.00. The SMILES string of the molecule is CNS(=O)(=O)CCNc1ccc(C(=O)O)cc1C. The molecule has 0 bridgehead atoms. The molecule has 0 aliphatic heterocycles. The van der Waals surface area contributed by atoms with E-state index in [4.69, 9.17) is 5.11 Å². The molecule has 0 spiro atoms. The number of sulfonamides is 1. The van der Waals surface area contributed by atoms with Gasteiger partial charge in [-0.15, -0.1) is 0 Å². The number of aromatic carboxylic acids is 1. The third-order valence-corrected chi connectivity index (χ3v) is 3.83. The van der Waals surface area contributed by atoms with Crippen LogP contribution < -0.4 is 10.0 Å². The van der Waals surface area contributed by atoms with Crippen LogP contribution in [0.2, 0.25) is 0 Å². The second-order valence-electron chi connectivity index (χ2n) is 3.78. The lowest BCUT2D eigenvalue weighted by Crippen LogP contribution is -2.26. The maximum Gasteiger partial charge on any atom is 0.335 e. The van der Waals surface area contributed by atoms with Gasteiger partial charge in [-0.05, 0) is 37.7 Å². The Balaban J connectivity index is 2.67. The first-order valence-electron chi connectivity index (χ1n) is 5.35. The first-order chi connectivity index (χ1) is 8.35. The molecule has 1 aromatic rings. The van der Waals surface area contributed by atoms with Gasteiger partial charge in [0.15, 0.2) is 0 Å². The van der Waals surface area contributed by atoms with Crippen molar-refractivity contribution in [1.29, 1.82) is 0 Å². The molecule has 3 N–H and O–H groups in total. The van der Waals surface area contributed by atoms with Crippen LogP contribution in [-0.2, 0) is 10.0 Å². The highest BCUT2D eigenvalue weighted by molar-refractivity contribution is 7.89. The number of aryl methyl sites for hydroxylation is 1. The van der Waals surface area contributed by atoms with Gasteiger partial charge in [0.1, 0.15) is 0 Å². The minimum atomic E-state index is -3.23. The Morgan fingerprint density at radius 2 is 2.06 bits per heavy atom. The quantitative estimate of drug-likeness (QED) is 0.707. The molecule has 6 nitrogen and oxygen atoms in total. The number of carboxylic acids is 1. The van der Waals surface area contributed by atoms with Crippen LogP contribution in [-0.4, -0.2) is 38.8 Å². The predicted octanol–water partition coefficient (Wildman–Crippen LogP) is 0.654. The van der Waals surface area contributed by atoms with Crippen LogP contribution in [0.1, 0.15) is 15.9 Å². The summed E-state index contributed by atoms with van der Waals surface area (Å²) in [6.07, 6.45) is 0. The predicted molar refractivity (Wildman–Crippen MR) is 69.5 cm³/mol. The molecule has 0 saturated heterocycles. The maximum atomic E-state index is 11.2. The fraction of sp³-hybridized carbons (Fsp3) is 0.364. The lowest BCUT2D eigenvalue weighted by atomic mass is 10.1. The van der Waals surface area contributed by atoms with Crippen LogP contribution in [0.5, 0.6) is 0 Å². The van der Waals surface area contributed by atoms with Gasteiger partial charge in [-0.25, -0.2) is 17.9 Å². The molecule has 0 aromatic heterocycles. The second-order valence-corrected chi connectivity index (χ2v) is 5.83. The van der Waals surface area contributed by atoms with E-state index in [1.54, 1.807) is 13.0 Å². The number of hydrogen-bond donors (Lipinski definition) is 3. The molecule has 100 valence electrons. The van der Waals surface area contributed by atoms with Crippen molar-refractivity contribution in [2.75, 3.05) is 24.7 Å². The van der Waals surface area contributed by atoms with Gasteiger partial charge >= 0.3 is 5.97 Å². The van der Waals surface area contributed by atoms with Crippen LogP contribution in [0, 0.1) is 6.92 Å². The van der Waals surface area contributed by atoms with Crippen LogP contribution in [0.25, 0.3) is 0 Å². The van der Waals surface area contributed by atoms with Crippen LogP contribution in [0.4, 0.5) is 5.69 Å². The standard InChI is InChI=1S/C11H16N2O4S/c1-8-7-9(11(14)15)3-4-10(8)13-5-6-18(16,17)12-2/h3-4,7,12-13H,5-6H2,1-2H3,(H,14,15). The summed E-state index contributed by atoms with van der Waals surface area (Å²) < 4.78 is 24.6. The highest BCUT2D eigenvalue weighted by Crippen LogP contribution is 2.16. The maximum absolute atomic E-state index is 11.2. The van der Waals surface area contributed by atoms with Crippen molar-refractivity contribution in [3.63, 3.8) is 0 Å². The topological polar surface area (TPSA) is 95.5 Å². The molecule has 0 aliphatic carbocycles. The normalized spacial score (nSPS) is 11.2. The molecule has 18 heavy (non-hydrogen) atoms. The van der Waals surface area contributed by atoms with Crippen molar-refractivity contribution in [3.05, 3.63) is 29.3 Å². The Kier molecular flexibility index (Phi) is 4.69. The average molecular weight is 272 g/mol. The van der Waals surface area contributed by atoms with Crippen LogP contribution in [0.15, 0.2) is 18.2 Å². The van der Waals surface area contributed by atoms with E-state index < -0.39 is 16.0 Å². The molecule has 0 atom stereocenters. The third-order valence-electron chi connectivity index (χ3n) is 2.47. The number of benzene rings is 1. The minimum absolute atomic E-state index is 0.0381. The van der Waals surface area contributed by atoms with E-state index in [-0.39, 0.29) is 17.9 Å². The summed E-state index contributed by atoms with van der Waals surface area (Å²) >= 11 is 0. The Bertz CT molecular complexity index is 540. The van der Waals surface area contributed by atoms with Gasteiger partial charge in [-0.3, -0.25) is 0 Å². The first kappa shape index (κ1) is 14.5. The van der Waals surface area contributed by atoms with Gasteiger partial charge in [-0.1, -0.05) is 0 Å². The second kappa shape index (κ2) is 5.83. The molecule has 0 fully saturated rings. The molecule has 0 heterocycles. The fourth-order valence-corrected chi connectivity index (χ4v) is 1.99. The number of rotatable bonds is 6. The van der Waals surface area contributed by atoms with Crippen molar-refractivity contribution in [2.24, 2.45) is 0 Å². The van der Waals surface area contributed by atoms with E-state index in [0.717, 1.165) is 11.3 Å². The van der Waals surface area contributed by atoms with Gasteiger partial charge in [-0.2, -0.15) is 0 Å². The average Bonchev–Trinajstić information content (AvgIpc) is 2.31. The third kappa shape index (κ3) is 4.01. The molecule has 1 rings (SSSR count). The number of hydrogen-bond acceptors (Lipinski definition) is 4. The van der Waals surface area contributed by atoms with Crippen LogP contribution >= 0.6 is 0 Å². The van der Waals surface area contributed by atoms with Crippen molar-refractivity contribution < 1.29 is 18.3 Å². The zero-order valence-electron chi connectivity index (χ0n) is 10.2. The van der Waals surface area contributed by atoms with E-state index in [1.165, 1.54) is 19.2 Å². The van der Waals surface area contributed by atoms with Crippen molar-refractivity contribution in [3.8, 4) is 0 Å². The van der Waals surface area contributed by atoms with Crippen LogP contribution in [0.3, 0.4) is 0 Å². The zero-order valence-corrected chi connectivity index (χ0v) is 11.0. The largest absolute Gasteiger partial charge is 0.478 e. The molecule has 7 heteroatoms. The molecule has 0 amide bonds. The molecular formula is C11H16N2O4S. The summed E-state index contributed by atoms with van der Waals surface area (Å²) in [6, 6.07) is 4.65. The molecular weight excluding hydrogens is 256 g/mol. The van der Waals surface area contributed by atoms with Gasteiger partial charge in [0.25, 0.3) is 0 Å². The summed E-state index contributed by atoms with van der Waals surface area (Å²) in [4.78, 5) is 10.7.